The summed E-state index contributed by atoms with van der Waals surface area (Å²) in [7, 11) is 0. The van der Waals surface area contributed by atoms with Gasteiger partial charge in [0.05, 0.1) is 0 Å². The molecule has 0 saturated heterocycles. The van der Waals surface area contributed by atoms with Crippen LogP contribution in [0.4, 0.5) is 0 Å². The predicted molar refractivity (Wildman–Crippen MR) is 80.0 cm³/mol. The lowest BCUT2D eigenvalue weighted by atomic mass is 9.84. The van der Waals surface area contributed by atoms with Gasteiger partial charge in [0, 0.05) is 17.8 Å². The minimum atomic E-state index is 0.0631. The van der Waals surface area contributed by atoms with Crippen molar-refractivity contribution in [2.75, 3.05) is 5.88 Å². The van der Waals surface area contributed by atoms with Crippen molar-refractivity contribution in [1.29, 1.82) is 0 Å². The standard InChI is InChI=1S/C15H30ClNO/c1-6-8-9-12(7-2)14(18)17-13(10-11-16)15(3,4)5/h12-13H,6-11H2,1-5H3,(H,17,18). The van der Waals surface area contributed by atoms with Gasteiger partial charge in [-0.1, -0.05) is 47.5 Å². The van der Waals surface area contributed by atoms with Crippen LogP contribution < -0.4 is 5.32 Å². The highest BCUT2D eigenvalue weighted by molar-refractivity contribution is 6.17. The molecule has 0 aromatic rings. The van der Waals surface area contributed by atoms with E-state index in [9.17, 15) is 4.79 Å². The summed E-state index contributed by atoms with van der Waals surface area (Å²) < 4.78 is 0. The quantitative estimate of drug-likeness (QED) is 0.655. The van der Waals surface area contributed by atoms with Gasteiger partial charge in [-0.25, -0.2) is 0 Å². The lowest BCUT2D eigenvalue weighted by molar-refractivity contribution is -0.126. The number of halogens is 1. The molecule has 0 aromatic carbocycles. The van der Waals surface area contributed by atoms with Crippen LogP contribution in [0.3, 0.4) is 0 Å². The minimum absolute atomic E-state index is 0.0631. The number of hydrogen-bond donors (Lipinski definition) is 1. The molecule has 2 atom stereocenters. The van der Waals surface area contributed by atoms with E-state index >= 15 is 0 Å². The van der Waals surface area contributed by atoms with E-state index in [1.54, 1.807) is 0 Å². The highest BCUT2D eigenvalue weighted by atomic mass is 35.5. The molecule has 2 nitrogen and oxygen atoms in total. The number of unbranched alkanes of at least 4 members (excludes halogenated alkanes) is 1. The second-order valence-electron chi connectivity index (χ2n) is 6.15. The van der Waals surface area contributed by atoms with E-state index < -0.39 is 0 Å². The molecule has 18 heavy (non-hydrogen) atoms. The number of amides is 1. The van der Waals surface area contributed by atoms with Crippen molar-refractivity contribution >= 4 is 17.5 Å². The summed E-state index contributed by atoms with van der Waals surface area (Å²) in [5.74, 6) is 0.953. The van der Waals surface area contributed by atoms with E-state index in [-0.39, 0.29) is 23.3 Å². The van der Waals surface area contributed by atoms with Gasteiger partial charge in [-0.05, 0) is 24.7 Å². The van der Waals surface area contributed by atoms with Crippen LogP contribution in [0.5, 0.6) is 0 Å². The number of nitrogens with one attached hydrogen (secondary N) is 1. The molecule has 0 aliphatic rings. The van der Waals surface area contributed by atoms with E-state index in [2.05, 4.69) is 39.9 Å². The number of hydrogen-bond acceptors (Lipinski definition) is 1. The van der Waals surface area contributed by atoms with Gasteiger partial charge in [0.2, 0.25) is 5.91 Å². The summed E-state index contributed by atoms with van der Waals surface area (Å²) in [5.41, 5.74) is 0.0631. The Labute approximate surface area is 118 Å². The third kappa shape index (κ3) is 6.63. The predicted octanol–water partition coefficient (Wildman–Crippen LogP) is 4.36. The SMILES string of the molecule is CCCCC(CC)C(=O)NC(CCCl)C(C)(C)C. The fourth-order valence-electron chi connectivity index (χ4n) is 2.09. The Morgan fingerprint density at radius 3 is 2.22 bits per heavy atom. The fraction of sp³-hybridized carbons (Fsp3) is 0.933. The minimum Gasteiger partial charge on any atom is -0.353 e. The summed E-state index contributed by atoms with van der Waals surface area (Å²) in [6.07, 6.45) is 5.02. The van der Waals surface area contributed by atoms with Crippen LogP contribution >= 0.6 is 11.6 Å². The Kier molecular flexibility index (Phi) is 8.67. The summed E-state index contributed by atoms with van der Waals surface area (Å²) in [4.78, 5) is 12.3. The maximum absolute atomic E-state index is 12.3. The number of carbonyl (C=O) groups is 1. The maximum atomic E-state index is 12.3. The van der Waals surface area contributed by atoms with Gasteiger partial charge in [0.25, 0.3) is 0 Å². The van der Waals surface area contributed by atoms with E-state index in [0.717, 1.165) is 32.1 Å². The largest absolute Gasteiger partial charge is 0.353 e. The van der Waals surface area contributed by atoms with Gasteiger partial charge in [-0.2, -0.15) is 0 Å². The maximum Gasteiger partial charge on any atom is 0.223 e. The highest BCUT2D eigenvalue weighted by Crippen LogP contribution is 2.23. The van der Waals surface area contributed by atoms with E-state index in [0.29, 0.717) is 5.88 Å². The van der Waals surface area contributed by atoms with Crippen LogP contribution in [0.1, 0.15) is 66.7 Å². The molecule has 0 heterocycles. The van der Waals surface area contributed by atoms with Gasteiger partial charge in [0.1, 0.15) is 0 Å². The van der Waals surface area contributed by atoms with Gasteiger partial charge in [-0.15, -0.1) is 11.6 Å². The number of rotatable bonds is 8. The van der Waals surface area contributed by atoms with E-state index in [1.165, 1.54) is 0 Å². The molecule has 0 rings (SSSR count). The Bertz CT molecular complexity index is 235. The molecule has 0 aromatic heterocycles. The molecule has 0 saturated carbocycles. The van der Waals surface area contributed by atoms with Crippen LogP contribution in [0.15, 0.2) is 0 Å². The first-order valence-electron chi connectivity index (χ1n) is 7.23. The van der Waals surface area contributed by atoms with Crippen molar-refractivity contribution in [3.63, 3.8) is 0 Å². The first-order valence-corrected chi connectivity index (χ1v) is 7.76. The van der Waals surface area contributed by atoms with Crippen LogP contribution in [-0.2, 0) is 4.79 Å². The molecule has 0 aliphatic carbocycles. The van der Waals surface area contributed by atoms with Crippen LogP contribution in [0, 0.1) is 11.3 Å². The molecule has 0 spiro atoms. The summed E-state index contributed by atoms with van der Waals surface area (Å²) >= 11 is 5.83. The van der Waals surface area contributed by atoms with Crippen LogP contribution in [-0.4, -0.2) is 17.8 Å². The lowest BCUT2D eigenvalue weighted by Gasteiger charge is -2.32. The Morgan fingerprint density at radius 1 is 1.22 bits per heavy atom. The summed E-state index contributed by atoms with van der Waals surface area (Å²) in [5, 5.41) is 3.19. The van der Waals surface area contributed by atoms with Gasteiger partial charge in [-0.3, -0.25) is 4.79 Å². The van der Waals surface area contributed by atoms with Crippen molar-refractivity contribution in [2.45, 2.75) is 72.8 Å². The smallest absolute Gasteiger partial charge is 0.223 e. The van der Waals surface area contributed by atoms with Crippen molar-refractivity contribution in [3.05, 3.63) is 0 Å². The van der Waals surface area contributed by atoms with Crippen LogP contribution in [0.2, 0.25) is 0 Å². The Hall–Kier alpha value is -0.240. The average molecular weight is 276 g/mol. The first-order chi connectivity index (χ1) is 8.36. The van der Waals surface area contributed by atoms with Gasteiger partial charge in [0.15, 0.2) is 0 Å². The normalized spacial score (nSPS) is 15.2. The van der Waals surface area contributed by atoms with E-state index in [1.807, 2.05) is 0 Å². The molecular formula is C15H30ClNO. The second kappa shape index (κ2) is 8.79. The third-order valence-electron chi connectivity index (χ3n) is 3.53. The molecule has 0 radical (unpaired) electrons. The summed E-state index contributed by atoms with van der Waals surface area (Å²) in [6.45, 7) is 10.7. The summed E-state index contributed by atoms with van der Waals surface area (Å²) in [6, 6.07) is 0.165. The Balaban J connectivity index is 4.46. The van der Waals surface area contributed by atoms with Crippen LogP contribution in [0.25, 0.3) is 0 Å². The highest BCUT2D eigenvalue weighted by Gasteiger charge is 2.27. The Morgan fingerprint density at radius 2 is 1.83 bits per heavy atom. The average Bonchev–Trinajstić information content (AvgIpc) is 2.28. The zero-order chi connectivity index (χ0) is 14.2. The van der Waals surface area contributed by atoms with Crippen molar-refractivity contribution < 1.29 is 4.79 Å². The first kappa shape index (κ1) is 17.8. The molecule has 1 amide bonds. The molecule has 0 fully saturated rings. The topological polar surface area (TPSA) is 29.1 Å². The van der Waals surface area contributed by atoms with Crippen molar-refractivity contribution in [2.24, 2.45) is 11.3 Å². The molecule has 2 unspecified atom stereocenters. The monoisotopic (exact) mass is 275 g/mol. The van der Waals surface area contributed by atoms with Gasteiger partial charge >= 0.3 is 0 Å². The number of carbonyl (C=O) groups excluding carboxylic acids is 1. The molecule has 0 bridgehead atoms. The van der Waals surface area contributed by atoms with Gasteiger partial charge < -0.3 is 5.32 Å². The molecular weight excluding hydrogens is 246 g/mol. The molecule has 3 heteroatoms. The second-order valence-corrected chi connectivity index (χ2v) is 6.53. The van der Waals surface area contributed by atoms with Crippen molar-refractivity contribution in [1.82, 2.24) is 5.32 Å². The molecule has 1 N–H and O–H groups in total. The fourth-order valence-corrected chi connectivity index (χ4v) is 2.31. The molecule has 0 aliphatic heterocycles. The lowest BCUT2D eigenvalue weighted by Crippen LogP contribution is -2.46. The zero-order valence-corrected chi connectivity index (χ0v) is 13.4. The third-order valence-corrected chi connectivity index (χ3v) is 3.75. The zero-order valence-electron chi connectivity index (χ0n) is 12.7. The van der Waals surface area contributed by atoms with E-state index in [4.69, 9.17) is 11.6 Å². The van der Waals surface area contributed by atoms with Crippen molar-refractivity contribution in [3.8, 4) is 0 Å². The molecule has 108 valence electrons. The number of alkyl halides is 1.